The van der Waals surface area contributed by atoms with Gasteiger partial charge in [0.2, 0.25) is 0 Å². The number of carbonyl (C=O) groups excluding carboxylic acids is 2. The van der Waals surface area contributed by atoms with Crippen molar-refractivity contribution < 1.29 is 18.7 Å². The quantitative estimate of drug-likeness (QED) is 0.625. The number of alkyl halides is 1. The van der Waals surface area contributed by atoms with Gasteiger partial charge in [-0.2, -0.15) is 0 Å². The lowest BCUT2D eigenvalue weighted by Crippen LogP contribution is -2.45. The third-order valence-corrected chi connectivity index (χ3v) is 2.54. The number of esters is 1. The molecule has 0 radical (unpaired) electrons. The first-order valence-electron chi connectivity index (χ1n) is 5.77. The van der Waals surface area contributed by atoms with Crippen LogP contribution >= 0.6 is 0 Å². The Morgan fingerprint density at radius 1 is 1.42 bits per heavy atom. The van der Waals surface area contributed by atoms with E-state index < -0.39 is 24.1 Å². The molecule has 19 heavy (non-hydrogen) atoms. The van der Waals surface area contributed by atoms with E-state index in [9.17, 15) is 14.0 Å². The molecule has 1 aromatic carbocycles. The molecule has 1 amide bonds. The van der Waals surface area contributed by atoms with Crippen LogP contribution in [0, 0.1) is 0 Å². The fraction of sp³-hybridized carbons (Fsp3) is 0.286. The summed E-state index contributed by atoms with van der Waals surface area (Å²) >= 11 is 0. The molecule has 0 aromatic heterocycles. The molecule has 0 aliphatic heterocycles. The number of carbonyl (C=O) groups is 2. The second-order valence-electron chi connectivity index (χ2n) is 3.91. The van der Waals surface area contributed by atoms with Crippen LogP contribution in [-0.4, -0.2) is 31.2 Å². The molecule has 1 rings (SSSR count). The number of amides is 1. The average molecular weight is 265 g/mol. The number of hydrogen-bond acceptors (Lipinski definition) is 3. The standard InChI is InChI=1S/C14H16FNO3/c1-3-11(15)13(17)16-12(14(18)19-2)9-10-7-5-4-6-8-10/h3-8,11-12H,1,9H2,2H3,(H,16,17)/t11?,12-/m0/s1. The first kappa shape index (κ1) is 14.9. The predicted octanol–water partition coefficient (Wildman–Crippen LogP) is 1.41. The fourth-order valence-corrected chi connectivity index (χ4v) is 1.54. The van der Waals surface area contributed by atoms with Crippen LogP contribution < -0.4 is 5.32 Å². The number of ether oxygens (including phenoxy) is 1. The molecule has 0 spiro atoms. The molecular weight excluding hydrogens is 249 g/mol. The fourth-order valence-electron chi connectivity index (χ4n) is 1.54. The zero-order chi connectivity index (χ0) is 14.3. The van der Waals surface area contributed by atoms with E-state index in [-0.39, 0.29) is 6.42 Å². The van der Waals surface area contributed by atoms with Gasteiger partial charge in [0, 0.05) is 6.42 Å². The van der Waals surface area contributed by atoms with Gasteiger partial charge >= 0.3 is 5.97 Å². The highest BCUT2D eigenvalue weighted by molar-refractivity contribution is 5.88. The Labute approximate surface area is 111 Å². The van der Waals surface area contributed by atoms with Crippen LogP contribution in [0.3, 0.4) is 0 Å². The zero-order valence-corrected chi connectivity index (χ0v) is 10.6. The van der Waals surface area contributed by atoms with Gasteiger partial charge in [-0.25, -0.2) is 9.18 Å². The highest BCUT2D eigenvalue weighted by atomic mass is 19.1. The SMILES string of the molecule is C=CC(F)C(=O)N[C@@H](Cc1ccccc1)C(=O)OC. The van der Waals surface area contributed by atoms with Gasteiger partial charge < -0.3 is 10.1 Å². The van der Waals surface area contributed by atoms with Crippen LogP contribution in [0.15, 0.2) is 43.0 Å². The van der Waals surface area contributed by atoms with Gasteiger partial charge in [0.05, 0.1) is 7.11 Å². The highest BCUT2D eigenvalue weighted by Gasteiger charge is 2.24. The smallest absolute Gasteiger partial charge is 0.328 e. The molecule has 5 heteroatoms. The summed E-state index contributed by atoms with van der Waals surface area (Å²) in [5.41, 5.74) is 0.840. The molecule has 4 nitrogen and oxygen atoms in total. The molecule has 0 fully saturated rings. The molecular formula is C14H16FNO3. The summed E-state index contributed by atoms with van der Waals surface area (Å²) in [6.07, 6.45) is -0.738. The van der Waals surface area contributed by atoms with Crippen LogP contribution in [0.5, 0.6) is 0 Å². The topological polar surface area (TPSA) is 55.4 Å². The van der Waals surface area contributed by atoms with Gasteiger partial charge in [-0.3, -0.25) is 4.79 Å². The lowest BCUT2D eigenvalue weighted by molar-refractivity contribution is -0.145. The van der Waals surface area contributed by atoms with Crippen LogP contribution in [-0.2, 0) is 20.7 Å². The lowest BCUT2D eigenvalue weighted by Gasteiger charge is -2.17. The Morgan fingerprint density at radius 2 is 2.05 bits per heavy atom. The van der Waals surface area contributed by atoms with Crippen LogP contribution in [0.4, 0.5) is 4.39 Å². The zero-order valence-electron chi connectivity index (χ0n) is 10.6. The molecule has 0 saturated carbocycles. The summed E-state index contributed by atoms with van der Waals surface area (Å²) in [6.45, 7) is 3.19. The van der Waals surface area contributed by atoms with Crippen molar-refractivity contribution in [1.82, 2.24) is 5.32 Å². The number of methoxy groups -OCH3 is 1. The van der Waals surface area contributed by atoms with E-state index in [1.807, 2.05) is 30.3 Å². The number of nitrogens with one attached hydrogen (secondary N) is 1. The predicted molar refractivity (Wildman–Crippen MR) is 69.2 cm³/mol. The van der Waals surface area contributed by atoms with Crippen molar-refractivity contribution >= 4 is 11.9 Å². The Hall–Kier alpha value is -2.17. The largest absolute Gasteiger partial charge is 0.467 e. The van der Waals surface area contributed by atoms with E-state index in [4.69, 9.17) is 0 Å². The monoisotopic (exact) mass is 265 g/mol. The van der Waals surface area contributed by atoms with Crippen LogP contribution in [0.2, 0.25) is 0 Å². The highest BCUT2D eigenvalue weighted by Crippen LogP contribution is 2.05. The molecule has 1 aromatic rings. The Balaban J connectivity index is 2.75. The summed E-state index contributed by atoms with van der Waals surface area (Å²) in [5, 5.41) is 2.31. The summed E-state index contributed by atoms with van der Waals surface area (Å²) in [4.78, 5) is 23.0. The van der Waals surface area contributed by atoms with E-state index in [1.165, 1.54) is 7.11 Å². The summed E-state index contributed by atoms with van der Waals surface area (Å²) in [7, 11) is 1.22. The first-order chi connectivity index (χ1) is 9.08. The maximum atomic E-state index is 13.1. The average Bonchev–Trinajstić information content (AvgIpc) is 2.45. The Kier molecular flexibility index (Phi) is 5.73. The summed E-state index contributed by atoms with van der Waals surface area (Å²) < 4.78 is 17.7. The molecule has 0 aliphatic rings. The molecule has 0 saturated heterocycles. The van der Waals surface area contributed by atoms with Gasteiger partial charge in [0.15, 0.2) is 6.17 Å². The van der Waals surface area contributed by atoms with Crippen molar-refractivity contribution in [2.24, 2.45) is 0 Å². The minimum absolute atomic E-state index is 0.239. The maximum Gasteiger partial charge on any atom is 0.328 e. The van der Waals surface area contributed by atoms with Gasteiger partial charge in [-0.15, -0.1) is 0 Å². The van der Waals surface area contributed by atoms with E-state index in [0.29, 0.717) is 0 Å². The number of halogens is 1. The van der Waals surface area contributed by atoms with Crippen molar-refractivity contribution in [1.29, 1.82) is 0 Å². The van der Waals surface area contributed by atoms with E-state index in [1.54, 1.807) is 0 Å². The van der Waals surface area contributed by atoms with E-state index in [0.717, 1.165) is 11.6 Å². The molecule has 0 aliphatic carbocycles. The normalized spacial score (nSPS) is 13.2. The third kappa shape index (κ3) is 4.54. The van der Waals surface area contributed by atoms with Gasteiger partial charge in [-0.05, 0) is 11.6 Å². The lowest BCUT2D eigenvalue weighted by atomic mass is 10.1. The number of benzene rings is 1. The minimum Gasteiger partial charge on any atom is -0.467 e. The molecule has 1 N–H and O–H groups in total. The second-order valence-corrected chi connectivity index (χ2v) is 3.91. The summed E-state index contributed by atoms with van der Waals surface area (Å²) in [6, 6.07) is 8.16. The molecule has 0 bridgehead atoms. The molecule has 1 unspecified atom stereocenters. The number of hydrogen-bond donors (Lipinski definition) is 1. The van der Waals surface area contributed by atoms with E-state index >= 15 is 0 Å². The van der Waals surface area contributed by atoms with Crippen molar-refractivity contribution in [2.75, 3.05) is 7.11 Å². The first-order valence-corrected chi connectivity index (χ1v) is 5.77. The van der Waals surface area contributed by atoms with E-state index in [2.05, 4.69) is 16.6 Å². The Morgan fingerprint density at radius 3 is 2.58 bits per heavy atom. The minimum atomic E-state index is -1.84. The number of rotatable bonds is 6. The molecule has 102 valence electrons. The third-order valence-electron chi connectivity index (χ3n) is 2.54. The van der Waals surface area contributed by atoms with Gasteiger partial charge in [-0.1, -0.05) is 36.9 Å². The van der Waals surface area contributed by atoms with Gasteiger partial charge in [0.25, 0.3) is 5.91 Å². The van der Waals surface area contributed by atoms with Crippen molar-refractivity contribution in [3.8, 4) is 0 Å². The van der Waals surface area contributed by atoms with Crippen molar-refractivity contribution in [3.05, 3.63) is 48.6 Å². The van der Waals surface area contributed by atoms with Crippen LogP contribution in [0.25, 0.3) is 0 Å². The molecule has 0 heterocycles. The van der Waals surface area contributed by atoms with Crippen molar-refractivity contribution in [3.63, 3.8) is 0 Å². The Bertz CT molecular complexity index is 447. The second kappa shape index (κ2) is 7.31. The van der Waals surface area contributed by atoms with Gasteiger partial charge in [0.1, 0.15) is 6.04 Å². The maximum absolute atomic E-state index is 13.1. The molecule has 2 atom stereocenters. The van der Waals surface area contributed by atoms with Crippen LogP contribution in [0.1, 0.15) is 5.56 Å². The van der Waals surface area contributed by atoms with Crippen molar-refractivity contribution in [2.45, 2.75) is 18.6 Å². The summed E-state index contributed by atoms with van der Waals surface area (Å²) in [5.74, 6) is -1.52.